The summed E-state index contributed by atoms with van der Waals surface area (Å²) >= 11 is 0. The molecule has 0 unspecified atom stereocenters. The first-order valence-corrected chi connectivity index (χ1v) is 9.57. The quantitative estimate of drug-likeness (QED) is 0.615. The molecule has 0 atom stereocenters. The van der Waals surface area contributed by atoms with Crippen molar-refractivity contribution in [1.29, 1.82) is 0 Å². The van der Waals surface area contributed by atoms with Gasteiger partial charge >= 0.3 is 5.97 Å². The summed E-state index contributed by atoms with van der Waals surface area (Å²) in [5, 5.41) is 3.28. The molecule has 0 saturated carbocycles. The number of hydrogen-bond donors (Lipinski definition) is 1. The van der Waals surface area contributed by atoms with E-state index in [1.165, 1.54) is 30.1 Å². The van der Waals surface area contributed by atoms with Crippen LogP contribution in [-0.2, 0) is 14.3 Å². The second-order valence-corrected chi connectivity index (χ2v) is 7.20. The lowest BCUT2D eigenvalue weighted by atomic mass is 10.1. The summed E-state index contributed by atoms with van der Waals surface area (Å²) in [5.74, 6) is -2.04. The molecule has 3 rings (SSSR count). The van der Waals surface area contributed by atoms with Crippen molar-refractivity contribution in [3.8, 4) is 0 Å². The molecule has 0 radical (unpaired) electrons. The Bertz CT molecular complexity index is 1150. The number of pyridine rings is 1. The zero-order chi connectivity index (χ0) is 22.5. The molecule has 0 aliphatic rings. The van der Waals surface area contributed by atoms with E-state index in [0.29, 0.717) is 22.3 Å². The average molecular weight is 423 g/mol. The Morgan fingerprint density at radius 2 is 1.77 bits per heavy atom. The van der Waals surface area contributed by atoms with Crippen molar-refractivity contribution >= 4 is 34.4 Å². The number of benzene rings is 2. The molecule has 0 bridgehead atoms. The van der Waals surface area contributed by atoms with Crippen molar-refractivity contribution < 1.29 is 23.5 Å². The van der Waals surface area contributed by atoms with Gasteiger partial charge in [0, 0.05) is 24.2 Å². The fraction of sp³-hybridized carbons (Fsp3) is 0.217. The van der Waals surface area contributed by atoms with Crippen LogP contribution in [0.25, 0.3) is 10.9 Å². The Kier molecular flexibility index (Phi) is 6.59. The van der Waals surface area contributed by atoms with Gasteiger partial charge in [0.25, 0.3) is 5.91 Å². The SMILES string of the molecule is Cc1ccc(NC(=O)CN(C)C(=O)COC(=O)c2cc3ccc(F)cc3nc2C)cc1. The van der Waals surface area contributed by atoms with Crippen molar-refractivity contribution in [2.45, 2.75) is 13.8 Å². The van der Waals surface area contributed by atoms with E-state index in [-0.39, 0.29) is 18.0 Å². The lowest BCUT2D eigenvalue weighted by molar-refractivity contribution is -0.136. The number of nitrogens with one attached hydrogen (secondary N) is 1. The van der Waals surface area contributed by atoms with Crippen molar-refractivity contribution in [2.75, 3.05) is 25.5 Å². The minimum absolute atomic E-state index is 0.187. The van der Waals surface area contributed by atoms with Crippen LogP contribution in [0.15, 0.2) is 48.5 Å². The second-order valence-electron chi connectivity index (χ2n) is 7.20. The van der Waals surface area contributed by atoms with Gasteiger partial charge < -0.3 is 15.0 Å². The highest BCUT2D eigenvalue weighted by Gasteiger charge is 2.18. The largest absolute Gasteiger partial charge is 0.452 e. The van der Waals surface area contributed by atoms with Gasteiger partial charge in [-0.1, -0.05) is 17.7 Å². The Morgan fingerprint density at radius 3 is 2.48 bits per heavy atom. The predicted octanol–water partition coefficient (Wildman–Crippen LogP) is 3.24. The van der Waals surface area contributed by atoms with E-state index < -0.39 is 24.3 Å². The number of aromatic nitrogens is 1. The van der Waals surface area contributed by atoms with E-state index in [4.69, 9.17) is 4.74 Å². The first-order valence-electron chi connectivity index (χ1n) is 9.57. The Hall–Kier alpha value is -3.81. The molecule has 8 heteroatoms. The third-order valence-electron chi connectivity index (χ3n) is 4.66. The molecule has 0 aliphatic heterocycles. The van der Waals surface area contributed by atoms with Crippen LogP contribution < -0.4 is 5.32 Å². The topological polar surface area (TPSA) is 88.6 Å². The molecular weight excluding hydrogens is 401 g/mol. The zero-order valence-electron chi connectivity index (χ0n) is 17.4. The second kappa shape index (κ2) is 9.34. The smallest absolute Gasteiger partial charge is 0.340 e. The Balaban J connectivity index is 1.55. The van der Waals surface area contributed by atoms with E-state index >= 15 is 0 Å². The molecule has 2 aromatic carbocycles. The number of hydrogen-bond acceptors (Lipinski definition) is 5. The molecule has 0 aliphatic carbocycles. The fourth-order valence-electron chi connectivity index (χ4n) is 2.90. The average Bonchev–Trinajstić information content (AvgIpc) is 2.72. The molecule has 2 amide bonds. The summed E-state index contributed by atoms with van der Waals surface area (Å²) in [6, 6.07) is 12.9. The number of amides is 2. The molecule has 31 heavy (non-hydrogen) atoms. The fourth-order valence-corrected chi connectivity index (χ4v) is 2.90. The van der Waals surface area contributed by atoms with Gasteiger partial charge in [-0.2, -0.15) is 0 Å². The number of halogens is 1. The maximum atomic E-state index is 13.3. The van der Waals surface area contributed by atoms with E-state index in [1.54, 1.807) is 25.1 Å². The molecule has 3 aromatic rings. The maximum absolute atomic E-state index is 13.3. The summed E-state index contributed by atoms with van der Waals surface area (Å²) in [4.78, 5) is 42.2. The van der Waals surface area contributed by atoms with E-state index in [2.05, 4.69) is 10.3 Å². The van der Waals surface area contributed by atoms with Crippen LogP contribution in [0.1, 0.15) is 21.6 Å². The molecule has 1 heterocycles. The number of esters is 1. The molecule has 1 N–H and O–H groups in total. The number of fused-ring (bicyclic) bond motifs is 1. The van der Waals surface area contributed by atoms with E-state index in [1.807, 2.05) is 19.1 Å². The standard InChI is InChI=1S/C23H22FN3O4/c1-14-4-8-18(9-5-14)26-21(28)12-27(3)22(29)13-31-23(30)19-10-16-6-7-17(24)11-20(16)25-15(19)2/h4-11H,12-13H2,1-3H3,(H,26,28). The molecule has 0 saturated heterocycles. The van der Waals surface area contributed by atoms with Gasteiger partial charge in [0.1, 0.15) is 5.82 Å². The molecule has 160 valence electrons. The van der Waals surface area contributed by atoms with Crippen LogP contribution in [-0.4, -0.2) is 47.9 Å². The van der Waals surface area contributed by atoms with Crippen LogP contribution in [0, 0.1) is 19.7 Å². The Labute approximate surface area is 178 Å². The van der Waals surface area contributed by atoms with Crippen molar-refractivity contribution in [3.63, 3.8) is 0 Å². The van der Waals surface area contributed by atoms with Gasteiger partial charge in [0.15, 0.2) is 6.61 Å². The summed E-state index contributed by atoms with van der Waals surface area (Å²) < 4.78 is 18.4. The third kappa shape index (κ3) is 5.63. The molecule has 7 nitrogen and oxygen atoms in total. The number of carbonyl (C=O) groups is 3. The van der Waals surface area contributed by atoms with Gasteiger partial charge in [0.05, 0.1) is 23.3 Å². The van der Waals surface area contributed by atoms with Crippen molar-refractivity contribution in [3.05, 3.63) is 71.2 Å². The lowest BCUT2D eigenvalue weighted by Crippen LogP contribution is -2.37. The van der Waals surface area contributed by atoms with Crippen LogP contribution in [0.2, 0.25) is 0 Å². The molecule has 0 fully saturated rings. The van der Waals surface area contributed by atoms with Crippen LogP contribution in [0.4, 0.5) is 10.1 Å². The van der Waals surface area contributed by atoms with Crippen LogP contribution in [0.5, 0.6) is 0 Å². The molecule has 0 spiro atoms. The number of anilines is 1. The van der Waals surface area contributed by atoms with Crippen LogP contribution >= 0.6 is 0 Å². The van der Waals surface area contributed by atoms with Crippen molar-refractivity contribution in [1.82, 2.24) is 9.88 Å². The van der Waals surface area contributed by atoms with Gasteiger partial charge in [-0.15, -0.1) is 0 Å². The minimum atomic E-state index is -0.720. The summed E-state index contributed by atoms with van der Waals surface area (Å²) in [6.45, 7) is 2.83. The van der Waals surface area contributed by atoms with Gasteiger partial charge in [-0.05, 0) is 44.2 Å². The zero-order valence-corrected chi connectivity index (χ0v) is 17.4. The van der Waals surface area contributed by atoms with Crippen molar-refractivity contribution in [2.24, 2.45) is 0 Å². The monoisotopic (exact) mass is 423 g/mol. The third-order valence-corrected chi connectivity index (χ3v) is 4.66. The first-order chi connectivity index (χ1) is 14.7. The number of rotatable bonds is 6. The summed E-state index contributed by atoms with van der Waals surface area (Å²) in [5.41, 5.74) is 2.66. The van der Waals surface area contributed by atoms with Gasteiger partial charge in [-0.25, -0.2) is 9.18 Å². The number of aryl methyl sites for hydroxylation is 2. The number of likely N-dealkylation sites (N-methyl/N-ethyl adjacent to an activating group) is 1. The van der Waals surface area contributed by atoms with Gasteiger partial charge in [0.2, 0.25) is 5.91 Å². The van der Waals surface area contributed by atoms with Gasteiger partial charge in [-0.3, -0.25) is 14.6 Å². The number of nitrogens with zero attached hydrogens (tertiary/aromatic N) is 2. The van der Waals surface area contributed by atoms with Crippen LogP contribution in [0.3, 0.4) is 0 Å². The highest BCUT2D eigenvalue weighted by Crippen LogP contribution is 2.18. The summed E-state index contributed by atoms with van der Waals surface area (Å²) in [7, 11) is 1.45. The molecule has 1 aromatic heterocycles. The maximum Gasteiger partial charge on any atom is 0.340 e. The summed E-state index contributed by atoms with van der Waals surface area (Å²) in [6.07, 6.45) is 0. The highest BCUT2D eigenvalue weighted by molar-refractivity contribution is 5.97. The number of ether oxygens (including phenoxy) is 1. The van der Waals surface area contributed by atoms with E-state index in [0.717, 1.165) is 5.56 Å². The number of carbonyl (C=O) groups excluding carboxylic acids is 3. The minimum Gasteiger partial charge on any atom is -0.452 e. The van der Waals surface area contributed by atoms with E-state index in [9.17, 15) is 18.8 Å². The normalized spacial score (nSPS) is 10.6. The lowest BCUT2D eigenvalue weighted by Gasteiger charge is -2.17. The molecular formula is C23H22FN3O4. The Morgan fingerprint density at radius 1 is 1.06 bits per heavy atom. The predicted molar refractivity (Wildman–Crippen MR) is 114 cm³/mol. The first kappa shape index (κ1) is 21.9. The highest BCUT2D eigenvalue weighted by atomic mass is 19.1.